The normalized spacial score (nSPS) is 30.8. The van der Waals surface area contributed by atoms with Crippen molar-refractivity contribution in [1.82, 2.24) is 15.5 Å². The van der Waals surface area contributed by atoms with E-state index >= 15 is 0 Å². The molecule has 1 aromatic rings. The van der Waals surface area contributed by atoms with E-state index < -0.39 is 0 Å². The van der Waals surface area contributed by atoms with Crippen LogP contribution in [-0.2, 0) is 4.79 Å². The van der Waals surface area contributed by atoms with Crippen LogP contribution in [-0.4, -0.2) is 62.2 Å². The molecule has 1 aliphatic heterocycles. The first kappa shape index (κ1) is 21.4. The molecule has 0 unspecified atom stereocenters. The minimum atomic E-state index is -0.0948. The lowest BCUT2D eigenvalue weighted by Crippen LogP contribution is -2.61. The predicted octanol–water partition coefficient (Wildman–Crippen LogP) is 3.00. The van der Waals surface area contributed by atoms with Gasteiger partial charge in [-0.3, -0.25) is 4.79 Å². The van der Waals surface area contributed by atoms with Gasteiger partial charge in [-0.25, -0.2) is 4.79 Å². The lowest BCUT2D eigenvalue weighted by Gasteiger charge is -2.56. The molecular weight excluding hydrogens is 404 g/mol. The van der Waals surface area contributed by atoms with Gasteiger partial charge in [0, 0.05) is 56.4 Å². The SMILES string of the molecule is COc1cccc(N2CCN(C(=O)CCNC(=O)NC34CC5CC(CC(C5)C3)C4)CC2)c1. The summed E-state index contributed by atoms with van der Waals surface area (Å²) in [6.45, 7) is 3.41. The number of hydrogen-bond acceptors (Lipinski definition) is 4. The van der Waals surface area contributed by atoms with Crippen LogP contribution < -0.4 is 20.3 Å². The molecule has 7 nitrogen and oxygen atoms in total. The van der Waals surface area contributed by atoms with Crippen molar-refractivity contribution in [3.8, 4) is 5.75 Å². The number of amides is 3. The third kappa shape index (κ3) is 4.52. The van der Waals surface area contributed by atoms with Crippen molar-refractivity contribution in [3.05, 3.63) is 24.3 Å². The van der Waals surface area contributed by atoms with Gasteiger partial charge in [-0.15, -0.1) is 0 Å². The van der Waals surface area contributed by atoms with E-state index in [0.717, 1.165) is 61.5 Å². The van der Waals surface area contributed by atoms with Crippen molar-refractivity contribution in [2.45, 2.75) is 50.5 Å². The van der Waals surface area contributed by atoms with Gasteiger partial charge in [0.05, 0.1) is 7.11 Å². The monoisotopic (exact) mass is 440 g/mol. The Bertz CT molecular complexity index is 814. The maximum atomic E-state index is 12.6. The first-order chi connectivity index (χ1) is 15.5. The summed E-state index contributed by atoms with van der Waals surface area (Å²) >= 11 is 0. The lowest BCUT2D eigenvalue weighted by molar-refractivity contribution is -0.131. The Morgan fingerprint density at radius 2 is 1.69 bits per heavy atom. The Kier molecular flexibility index (Phi) is 5.91. The van der Waals surface area contributed by atoms with Crippen molar-refractivity contribution >= 4 is 17.6 Å². The van der Waals surface area contributed by atoms with Gasteiger partial charge in [0.1, 0.15) is 5.75 Å². The highest BCUT2D eigenvalue weighted by Gasteiger charge is 2.51. The van der Waals surface area contributed by atoms with Gasteiger partial charge >= 0.3 is 6.03 Å². The minimum Gasteiger partial charge on any atom is -0.497 e. The molecule has 32 heavy (non-hydrogen) atoms. The second-order valence-electron chi connectivity index (χ2n) is 10.4. The molecule has 0 aromatic heterocycles. The number of nitrogens with one attached hydrogen (secondary N) is 2. The topological polar surface area (TPSA) is 73.9 Å². The fourth-order valence-electron chi connectivity index (χ4n) is 7.01. The van der Waals surface area contributed by atoms with E-state index in [2.05, 4.69) is 21.6 Å². The minimum absolute atomic E-state index is 0.0132. The third-order valence-corrected chi connectivity index (χ3v) is 8.09. The summed E-state index contributed by atoms with van der Waals surface area (Å²) in [6, 6.07) is 7.94. The van der Waals surface area contributed by atoms with E-state index in [4.69, 9.17) is 4.74 Å². The number of nitrogens with zero attached hydrogens (tertiary/aromatic N) is 2. The van der Waals surface area contributed by atoms with Crippen LogP contribution in [0.3, 0.4) is 0 Å². The molecule has 5 fully saturated rings. The zero-order valence-corrected chi connectivity index (χ0v) is 19.1. The van der Waals surface area contributed by atoms with Gasteiger partial charge in [0.2, 0.25) is 5.91 Å². The van der Waals surface area contributed by atoms with Gasteiger partial charge < -0.3 is 25.2 Å². The molecule has 4 saturated carbocycles. The quantitative estimate of drug-likeness (QED) is 0.713. The van der Waals surface area contributed by atoms with Crippen molar-refractivity contribution in [1.29, 1.82) is 0 Å². The Balaban J connectivity index is 1.04. The summed E-state index contributed by atoms with van der Waals surface area (Å²) in [7, 11) is 1.67. The predicted molar refractivity (Wildman–Crippen MR) is 124 cm³/mol. The Morgan fingerprint density at radius 1 is 1.03 bits per heavy atom. The Morgan fingerprint density at radius 3 is 2.31 bits per heavy atom. The summed E-state index contributed by atoms with van der Waals surface area (Å²) in [6.07, 6.45) is 7.87. The van der Waals surface area contributed by atoms with Crippen LogP contribution in [0.5, 0.6) is 5.75 Å². The number of piperazine rings is 1. The van der Waals surface area contributed by atoms with E-state index in [1.807, 2.05) is 23.1 Å². The van der Waals surface area contributed by atoms with Gasteiger partial charge in [-0.1, -0.05) is 6.07 Å². The fraction of sp³-hybridized carbons (Fsp3) is 0.680. The van der Waals surface area contributed by atoms with Crippen LogP contribution in [0.2, 0.25) is 0 Å². The summed E-state index contributed by atoms with van der Waals surface area (Å²) in [4.78, 5) is 29.4. The highest BCUT2D eigenvalue weighted by molar-refractivity contribution is 5.79. The maximum Gasteiger partial charge on any atom is 0.315 e. The summed E-state index contributed by atoms with van der Waals surface area (Å²) in [5.74, 6) is 3.38. The zero-order chi connectivity index (χ0) is 22.1. The van der Waals surface area contributed by atoms with Crippen LogP contribution in [0, 0.1) is 17.8 Å². The molecule has 1 heterocycles. The number of carbonyl (C=O) groups excluding carboxylic acids is 2. The Labute approximate surface area is 190 Å². The number of rotatable bonds is 6. The van der Waals surface area contributed by atoms with Crippen molar-refractivity contribution < 1.29 is 14.3 Å². The molecule has 4 bridgehead atoms. The number of ether oxygens (including phenoxy) is 1. The molecule has 0 radical (unpaired) electrons. The molecule has 6 rings (SSSR count). The molecule has 1 aromatic carbocycles. The van der Waals surface area contributed by atoms with Gasteiger partial charge in [0.25, 0.3) is 0 Å². The molecule has 4 aliphatic carbocycles. The Hall–Kier alpha value is -2.44. The first-order valence-corrected chi connectivity index (χ1v) is 12.2. The van der Waals surface area contributed by atoms with Gasteiger partial charge in [-0.05, 0) is 68.4 Å². The first-order valence-electron chi connectivity index (χ1n) is 12.2. The summed E-state index contributed by atoms with van der Waals surface area (Å²) in [5, 5.41) is 6.27. The molecule has 0 atom stereocenters. The lowest BCUT2D eigenvalue weighted by atomic mass is 9.53. The standard InChI is InChI=1S/C25H36N4O3/c1-32-22-4-2-3-21(14-22)28-7-9-29(10-8-28)23(30)5-6-26-24(31)27-25-15-18-11-19(16-25)13-20(12-18)17-25/h2-4,14,18-20H,5-13,15-17H2,1H3,(H2,26,27,31). The second-order valence-corrected chi connectivity index (χ2v) is 10.4. The smallest absolute Gasteiger partial charge is 0.315 e. The van der Waals surface area contributed by atoms with Crippen LogP contribution in [0.15, 0.2) is 24.3 Å². The third-order valence-electron chi connectivity index (χ3n) is 8.09. The highest BCUT2D eigenvalue weighted by atomic mass is 16.5. The van der Waals surface area contributed by atoms with Crippen molar-refractivity contribution in [2.75, 3.05) is 44.7 Å². The largest absolute Gasteiger partial charge is 0.497 e. The number of anilines is 1. The number of hydrogen-bond donors (Lipinski definition) is 2. The van der Waals surface area contributed by atoms with Crippen LogP contribution >= 0.6 is 0 Å². The molecule has 3 amide bonds. The molecule has 0 spiro atoms. The van der Waals surface area contributed by atoms with Gasteiger partial charge in [0.15, 0.2) is 0 Å². The molecule has 174 valence electrons. The molecule has 1 saturated heterocycles. The second kappa shape index (κ2) is 8.83. The van der Waals surface area contributed by atoms with E-state index in [1.54, 1.807) is 7.11 Å². The van der Waals surface area contributed by atoms with E-state index in [9.17, 15) is 9.59 Å². The average molecular weight is 441 g/mol. The van der Waals surface area contributed by atoms with Crippen molar-refractivity contribution in [2.24, 2.45) is 17.8 Å². The van der Waals surface area contributed by atoms with E-state index in [-0.39, 0.29) is 17.5 Å². The van der Waals surface area contributed by atoms with Crippen LogP contribution in [0.4, 0.5) is 10.5 Å². The molecule has 2 N–H and O–H groups in total. The summed E-state index contributed by atoms with van der Waals surface area (Å²) in [5.41, 5.74) is 1.14. The highest BCUT2D eigenvalue weighted by Crippen LogP contribution is 2.55. The number of carbonyl (C=O) groups is 2. The number of benzene rings is 1. The molecule has 5 aliphatic rings. The van der Waals surface area contributed by atoms with Gasteiger partial charge in [-0.2, -0.15) is 0 Å². The maximum absolute atomic E-state index is 12.6. The van der Waals surface area contributed by atoms with Crippen LogP contribution in [0.1, 0.15) is 44.9 Å². The summed E-state index contributed by atoms with van der Waals surface area (Å²) < 4.78 is 5.31. The number of methoxy groups -OCH3 is 1. The zero-order valence-electron chi connectivity index (χ0n) is 19.1. The fourth-order valence-corrected chi connectivity index (χ4v) is 7.01. The van der Waals surface area contributed by atoms with E-state index in [0.29, 0.717) is 26.1 Å². The number of urea groups is 1. The van der Waals surface area contributed by atoms with Crippen LogP contribution in [0.25, 0.3) is 0 Å². The van der Waals surface area contributed by atoms with E-state index in [1.165, 1.54) is 19.3 Å². The van der Waals surface area contributed by atoms with Crippen molar-refractivity contribution in [3.63, 3.8) is 0 Å². The molecular formula is C25H36N4O3. The average Bonchev–Trinajstić information content (AvgIpc) is 2.78. The molecule has 7 heteroatoms.